The van der Waals surface area contributed by atoms with Crippen molar-refractivity contribution in [3.63, 3.8) is 0 Å². The summed E-state index contributed by atoms with van der Waals surface area (Å²) in [4.78, 5) is 18.6. The Morgan fingerprint density at radius 3 is 2.72 bits per heavy atom. The maximum Gasteiger partial charge on any atom is 0.410 e. The second-order valence-electron chi connectivity index (χ2n) is 7.15. The van der Waals surface area contributed by atoms with E-state index in [1.807, 2.05) is 38.7 Å². The molecule has 0 spiro atoms. The molecule has 1 heterocycles. The Hall–Kier alpha value is -0.990. The molecule has 1 atom stereocenters. The van der Waals surface area contributed by atoms with Crippen LogP contribution < -0.4 is 10.6 Å². The first-order valence-corrected chi connectivity index (χ1v) is 8.96. The summed E-state index contributed by atoms with van der Waals surface area (Å²) in [6.45, 7) is 15.3. The molecule has 7 heteroatoms. The molecule has 0 saturated carbocycles. The third-order valence-corrected chi connectivity index (χ3v) is 3.74. The molecule has 1 aliphatic rings. The molecule has 0 bridgehead atoms. The fourth-order valence-corrected chi connectivity index (χ4v) is 2.66. The molecule has 1 unspecified atom stereocenters. The van der Waals surface area contributed by atoms with Crippen molar-refractivity contribution in [3.8, 4) is 0 Å². The Labute approximate surface area is 169 Å². The second kappa shape index (κ2) is 12.4. The van der Waals surface area contributed by atoms with Gasteiger partial charge in [-0.05, 0) is 52.9 Å². The number of nitrogens with one attached hydrogen (secondary N) is 2. The normalized spacial score (nSPS) is 18.2. The van der Waals surface area contributed by atoms with Crippen LogP contribution in [-0.4, -0.2) is 55.3 Å². The van der Waals surface area contributed by atoms with E-state index < -0.39 is 5.60 Å². The van der Waals surface area contributed by atoms with E-state index in [9.17, 15) is 4.79 Å². The van der Waals surface area contributed by atoms with E-state index in [0.29, 0.717) is 12.5 Å². The largest absolute Gasteiger partial charge is 0.444 e. The number of nitrogens with zero attached hydrogens (tertiary/aromatic N) is 2. The Morgan fingerprint density at radius 2 is 2.12 bits per heavy atom. The third kappa shape index (κ3) is 10.6. The Balaban J connectivity index is 0.00000576. The molecule has 1 aliphatic heterocycles. The van der Waals surface area contributed by atoms with Crippen LogP contribution >= 0.6 is 24.0 Å². The maximum absolute atomic E-state index is 12.2. The molecule has 0 aliphatic carbocycles. The molecule has 6 nitrogen and oxygen atoms in total. The minimum Gasteiger partial charge on any atom is -0.444 e. The zero-order valence-corrected chi connectivity index (χ0v) is 18.5. The van der Waals surface area contributed by atoms with Crippen molar-refractivity contribution in [1.29, 1.82) is 0 Å². The molecule has 1 fully saturated rings. The summed E-state index contributed by atoms with van der Waals surface area (Å²) in [6.07, 6.45) is 4.77. The predicted octanol–water partition coefficient (Wildman–Crippen LogP) is 3.38. The molecule has 1 saturated heterocycles. The van der Waals surface area contributed by atoms with Gasteiger partial charge in [-0.3, -0.25) is 4.99 Å². The monoisotopic (exact) mass is 466 g/mol. The van der Waals surface area contributed by atoms with Crippen molar-refractivity contribution in [2.75, 3.05) is 32.7 Å². The lowest BCUT2D eigenvalue weighted by Gasteiger charge is -2.34. The highest BCUT2D eigenvalue weighted by atomic mass is 127. The van der Waals surface area contributed by atoms with Crippen molar-refractivity contribution in [2.24, 2.45) is 10.9 Å². The molecule has 25 heavy (non-hydrogen) atoms. The van der Waals surface area contributed by atoms with Gasteiger partial charge >= 0.3 is 6.09 Å². The number of carbonyl (C=O) groups excluding carboxylic acids is 1. The predicted molar refractivity (Wildman–Crippen MR) is 115 cm³/mol. The topological polar surface area (TPSA) is 66.0 Å². The van der Waals surface area contributed by atoms with Gasteiger partial charge in [0.05, 0.1) is 0 Å². The van der Waals surface area contributed by atoms with Gasteiger partial charge in [-0.25, -0.2) is 4.79 Å². The molecule has 146 valence electrons. The zero-order valence-electron chi connectivity index (χ0n) is 16.1. The average molecular weight is 466 g/mol. The Kier molecular flexibility index (Phi) is 11.9. The van der Waals surface area contributed by atoms with E-state index in [-0.39, 0.29) is 30.1 Å². The number of likely N-dealkylation sites (tertiary alicyclic amines) is 1. The molecule has 0 aromatic carbocycles. The quantitative estimate of drug-likeness (QED) is 0.273. The van der Waals surface area contributed by atoms with Crippen LogP contribution in [0.1, 0.15) is 47.0 Å². The lowest BCUT2D eigenvalue weighted by molar-refractivity contribution is 0.0163. The van der Waals surface area contributed by atoms with Crippen molar-refractivity contribution in [1.82, 2.24) is 15.5 Å². The first-order chi connectivity index (χ1) is 11.4. The number of hydrogen-bond acceptors (Lipinski definition) is 3. The number of piperidine rings is 1. The third-order valence-electron chi connectivity index (χ3n) is 3.74. The van der Waals surface area contributed by atoms with Gasteiger partial charge in [0.2, 0.25) is 0 Å². The van der Waals surface area contributed by atoms with Crippen LogP contribution in [-0.2, 0) is 4.74 Å². The summed E-state index contributed by atoms with van der Waals surface area (Å²) < 4.78 is 5.47. The van der Waals surface area contributed by atoms with Gasteiger partial charge in [0.1, 0.15) is 5.60 Å². The van der Waals surface area contributed by atoms with Gasteiger partial charge in [-0.1, -0.05) is 6.08 Å². The van der Waals surface area contributed by atoms with Crippen molar-refractivity contribution < 1.29 is 9.53 Å². The fraction of sp³-hybridized carbons (Fsp3) is 0.778. The van der Waals surface area contributed by atoms with Crippen LogP contribution in [0.4, 0.5) is 4.79 Å². The van der Waals surface area contributed by atoms with Crippen LogP contribution in [0.3, 0.4) is 0 Å². The van der Waals surface area contributed by atoms with Crippen LogP contribution in [0.5, 0.6) is 0 Å². The van der Waals surface area contributed by atoms with Gasteiger partial charge in [0, 0.05) is 32.7 Å². The summed E-state index contributed by atoms with van der Waals surface area (Å²) >= 11 is 0. The summed E-state index contributed by atoms with van der Waals surface area (Å²) in [5, 5.41) is 6.41. The zero-order chi connectivity index (χ0) is 18.0. The van der Waals surface area contributed by atoms with Crippen LogP contribution in [0.25, 0.3) is 0 Å². The number of carbonyl (C=O) groups is 1. The summed E-state index contributed by atoms with van der Waals surface area (Å²) in [6, 6.07) is 0. The van der Waals surface area contributed by atoms with Crippen molar-refractivity contribution >= 4 is 36.0 Å². The van der Waals surface area contributed by atoms with Crippen LogP contribution in [0.2, 0.25) is 0 Å². The minimum atomic E-state index is -0.439. The number of halogens is 1. The standard InChI is InChI=1S/C18H34N4O2.HI/c1-6-11-20-16(19-7-2)21-12-10-15-9-8-13-22(14-15)17(23)24-18(3,4)5;/h6,15H,1,7-14H2,2-5H3,(H2,19,20,21);1H. The van der Waals surface area contributed by atoms with Gasteiger partial charge < -0.3 is 20.3 Å². The van der Waals surface area contributed by atoms with Crippen LogP contribution in [0.15, 0.2) is 17.6 Å². The van der Waals surface area contributed by atoms with E-state index in [1.165, 1.54) is 0 Å². The SMILES string of the molecule is C=CCNC(=NCCC1CCCN(C(=O)OC(C)(C)C)C1)NCC.I. The van der Waals surface area contributed by atoms with E-state index in [4.69, 9.17) is 4.74 Å². The van der Waals surface area contributed by atoms with E-state index in [0.717, 1.165) is 51.4 Å². The first-order valence-electron chi connectivity index (χ1n) is 8.96. The van der Waals surface area contributed by atoms with E-state index >= 15 is 0 Å². The second-order valence-corrected chi connectivity index (χ2v) is 7.15. The summed E-state index contributed by atoms with van der Waals surface area (Å²) in [7, 11) is 0. The highest BCUT2D eigenvalue weighted by Gasteiger charge is 2.27. The van der Waals surface area contributed by atoms with Gasteiger partial charge in [0.25, 0.3) is 0 Å². The highest BCUT2D eigenvalue weighted by Crippen LogP contribution is 2.21. The Morgan fingerprint density at radius 1 is 1.40 bits per heavy atom. The summed E-state index contributed by atoms with van der Waals surface area (Å²) in [5.74, 6) is 1.30. The number of guanidine groups is 1. The van der Waals surface area contributed by atoms with Crippen LogP contribution in [0, 0.1) is 5.92 Å². The lowest BCUT2D eigenvalue weighted by atomic mass is 9.95. The molecular formula is C18H35IN4O2. The molecule has 0 radical (unpaired) electrons. The lowest BCUT2D eigenvalue weighted by Crippen LogP contribution is -2.43. The summed E-state index contributed by atoms with van der Waals surface area (Å²) in [5.41, 5.74) is -0.439. The number of ether oxygens (including phenoxy) is 1. The average Bonchev–Trinajstić information content (AvgIpc) is 2.51. The molecule has 0 aromatic heterocycles. The molecule has 2 N–H and O–H groups in total. The Bertz CT molecular complexity index is 435. The molecule has 0 aromatic rings. The maximum atomic E-state index is 12.2. The minimum absolute atomic E-state index is 0. The highest BCUT2D eigenvalue weighted by molar-refractivity contribution is 14.0. The van der Waals surface area contributed by atoms with E-state index in [2.05, 4.69) is 22.2 Å². The molecule has 1 amide bonds. The number of amides is 1. The van der Waals surface area contributed by atoms with Gasteiger partial charge in [-0.15, -0.1) is 30.6 Å². The van der Waals surface area contributed by atoms with Crippen molar-refractivity contribution in [3.05, 3.63) is 12.7 Å². The van der Waals surface area contributed by atoms with Gasteiger partial charge in [0.15, 0.2) is 5.96 Å². The number of hydrogen-bond donors (Lipinski definition) is 2. The van der Waals surface area contributed by atoms with Crippen molar-refractivity contribution in [2.45, 2.75) is 52.6 Å². The molecular weight excluding hydrogens is 431 g/mol. The van der Waals surface area contributed by atoms with E-state index in [1.54, 1.807) is 0 Å². The smallest absolute Gasteiger partial charge is 0.410 e. The number of rotatable bonds is 6. The number of aliphatic imine (C=N–C) groups is 1. The molecule has 1 rings (SSSR count). The fourth-order valence-electron chi connectivity index (χ4n) is 2.66. The van der Waals surface area contributed by atoms with Gasteiger partial charge in [-0.2, -0.15) is 0 Å². The first kappa shape index (κ1) is 24.0.